The lowest BCUT2D eigenvalue weighted by atomic mass is 9.87. The zero-order valence-corrected chi connectivity index (χ0v) is 13.5. The number of anilines is 1. The number of aromatic nitrogens is 2. The van der Waals surface area contributed by atoms with E-state index in [1.807, 2.05) is 36.9 Å². The van der Waals surface area contributed by atoms with Gasteiger partial charge in [-0.1, -0.05) is 26.0 Å². The van der Waals surface area contributed by atoms with Gasteiger partial charge in [-0.15, -0.1) is 10.2 Å². The summed E-state index contributed by atoms with van der Waals surface area (Å²) in [6, 6.07) is 8.62. The molecule has 0 saturated carbocycles. The molecule has 1 aliphatic rings. The zero-order chi connectivity index (χ0) is 14.9. The maximum absolute atomic E-state index is 5.57. The minimum absolute atomic E-state index is 0.386. The molecule has 2 heterocycles. The first-order valence-corrected chi connectivity index (χ1v) is 8.43. The first-order valence-electron chi connectivity index (χ1n) is 7.27. The van der Waals surface area contributed by atoms with Gasteiger partial charge in [-0.3, -0.25) is 0 Å². The van der Waals surface area contributed by atoms with Gasteiger partial charge in [0.15, 0.2) is 0 Å². The van der Waals surface area contributed by atoms with Crippen LogP contribution in [0.2, 0.25) is 0 Å². The van der Waals surface area contributed by atoms with Crippen LogP contribution >= 0.6 is 11.8 Å². The van der Waals surface area contributed by atoms with Crippen LogP contribution in [0.4, 0.5) is 5.69 Å². The van der Waals surface area contributed by atoms with Gasteiger partial charge < -0.3 is 9.73 Å². The third-order valence-electron chi connectivity index (χ3n) is 3.65. The highest BCUT2D eigenvalue weighted by Gasteiger charge is 2.28. The summed E-state index contributed by atoms with van der Waals surface area (Å²) in [5, 5.41) is 11.7. The van der Waals surface area contributed by atoms with Gasteiger partial charge in [0, 0.05) is 24.4 Å². The summed E-state index contributed by atoms with van der Waals surface area (Å²) in [7, 11) is 0. The fourth-order valence-electron chi connectivity index (χ4n) is 2.78. The van der Waals surface area contributed by atoms with Crippen LogP contribution in [-0.4, -0.2) is 27.7 Å². The Morgan fingerprint density at radius 1 is 1.29 bits per heavy atom. The van der Waals surface area contributed by atoms with Gasteiger partial charge in [0.05, 0.1) is 5.56 Å². The molecule has 21 heavy (non-hydrogen) atoms. The quantitative estimate of drug-likeness (QED) is 0.929. The van der Waals surface area contributed by atoms with Crippen molar-refractivity contribution < 1.29 is 4.42 Å². The van der Waals surface area contributed by atoms with Gasteiger partial charge in [-0.25, -0.2) is 0 Å². The second-order valence-electron chi connectivity index (χ2n) is 6.40. The largest absolute Gasteiger partial charge is 0.421 e. The average molecular weight is 303 g/mol. The molecule has 0 aliphatic carbocycles. The van der Waals surface area contributed by atoms with E-state index in [0.29, 0.717) is 23.2 Å². The van der Waals surface area contributed by atoms with Gasteiger partial charge in [0.1, 0.15) is 0 Å². The summed E-state index contributed by atoms with van der Waals surface area (Å²) in [4.78, 5) is 0. The number of nitrogens with zero attached hydrogens (tertiary/aromatic N) is 2. The Morgan fingerprint density at radius 2 is 2.10 bits per heavy atom. The van der Waals surface area contributed by atoms with Crippen molar-refractivity contribution in [2.45, 2.75) is 33.2 Å². The Labute approximate surface area is 129 Å². The lowest BCUT2D eigenvalue weighted by Crippen LogP contribution is -2.35. The summed E-state index contributed by atoms with van der Waals surface area (Å²) >= 11 is 2.02. The monoisotopic (exact) mass is 303 g/mol. The third kappa shape index (κ3) is 3.40. The van der Waals surface area contributed by atoms with Crippen LogP contribution in [0.25, 0.3) is 11.5 Å². The van der Waals surface area contributed by atoms with E-state index in [-0.39, 0.29) is 0 Å². The molecule has 2 aromatic rings. The van der Waals surface area contributed by atoms with Crippen molar-refractivity contribution in [3.63, 3.8) is 0 Å². The molecule has 0 spiro atoms. The summed E-state index contributed by atoms with van der Waals surface area (Å²) < 4.78 is 5.57. The Balaban J connectivity index is 1.83. The molecule has 5 heteroatoms. The van der Waals surface area contributed by atoms with E-state index in [9.17, 15) is 0 Å². The van der Waals surface area contributed by atoms with Crippen molar-refractivity contribution in [3.05, 3.63) is 30.2 Å². The predicted octanol–water partition coefficient (Wildman–Crippen LogP) is 3.99. The van der Waals surface area contributed by atoms with E-state index in [1.54, 1.807) is 0 Å². The number of aryl methyl sites for hydroxylation is 1. The fourth-order valence-corrected chi connectivity index (χ4v) is 4.05. The number of hydrogen-bond donors (Lipinski definition) is 1. The van der Waals surface area contributed by atoms with Gasteiger partial charge >= 0.3 is 0 Å². The number of thioether (sulfide) groups is 1. The number of benzene rings is 1. The molecule has 1 aromatic heterocycles. The van der Waals surface area contributed by atoms with Crippen molar-refractivity contribution >= 4 is 17.4 Å². The molecule has 1 aromatic carbocycles. The second kappa shape index (κ2) is 5.72. The average Bonchev–Trinajstić information content (AvgIpc) is 2.85. The van der Waals surface area contributed by atoms with Crippen LogP contribution < -0.4 is 5.32 Å². The molecular formula is C16H21N3OS. The summed E-state index contributed by atoms with van der Waals surface area (Å²) in [6.07, 6.45) is 1.18. The Morgan fingerprint density at radius 3 is 2.81 bits per heavy atom. The van der Waals surface area contributed by atoms with Crippen LogP contribution in [0.5, 0.6) is 0 Å². The molecule has 1 aliphatic heterocycles. The van der Waals surface area contributed by atoms with E-state index in [2.05, 4.69) is 35.4 Å². The third-order valence-corrected chi connectivity index (χ3v) is 5.28. The molecule has 4 nitrogen and oxygen atoms in total. The standard InChI is InChI=1S/C16H21N3OS/c1-11-18-19-15(20-11)13-6-4-5-7-14(13)17-12-8-16(2,3)10-21-9-12/h4-7,12,17H,8-10H2,1-3H3. The Kier molecular flexibility index (Phi) is 3.93. The van der Waals surface area contributed by atoms with E-state index in [4.69, 9.17) is 4.42 Å². The summed E-state index contributed by atoms with van der Waals surface area (Å²) in [6.45, 7) is 6.48. The highest BCUT2D eigenvalue weighted by atomic mass is 32.2. The van der Waals surface area contributed by atoms with Crippen molar-refractivity contribution in [2.75, 3.05) is 16.8 Å². The molecule has 3 rings (SSSR count). The van der Waals surface area contributed by atoms with Crippen LogP contribution in [0, 0.1) is 12.3 Å². The van der Waals surface area contributed by atoms with E-state index in [1.165, 1.54) is 12.2 Å². The van der Waals surface area contributed by atoms with Gasteiger partial charge in [0.2, 0.25) is 11.8 Å². The maximum atomic E-state index is 5.57. The molecule has 1 atom stereocenters. The molecule has 0 bridgehead atoms. The van der Waals surface area contributed by atoms with Crippen LogP contribution in [0.15, 0.2) is 28.7 Å². The first kappa shape index (κ1) is 14.4. The molecule has 112 valence electrons. The number of hydrogen-bond acceptors (Lipinski definition) is 5. The smallest absolute Gasteiger partial charge is 0.249 e. The lowest BCUT2D eigenvalue weighted by molar-refractivity contribution is 0.358. The van der Waals surface area contributed by atoms with Crippen molar-refractivity contribution in [1.29, 1.82) is 0 Å². The molecular weight excluding hydrogens is 282 g/mol. The van der Waals surface area contributed by atoms with E-state index in [0.717, 1.165) is 17.0 Å². The van der Waals surface area contributed by atoms with Gasteiger partial charge in [0.25, 0.3) is 0 Å². The SMILES string of the molecule is Cc1nnc(-c2ccccc2NC2CSCC(C)(C)C2)o1. The highest BCUT2D eigenvalue weighted by Crippen LogP contribution is 2.36. The van der Waals surface area contributed by atoms with Crippen LogP contribution in [-0.2, 0) is 0 Å². The van der Waals surface area contributed by atoms with Crippen LogP contribution in [0.3, 0.4) is 0 Å². The summed E-state index contributed by atoms with van der Waals surface area (Å²) in [5.74, 6) is 3.54. The second-order valence-corrected chi connectivity index (χ2v) is 7.43. The van der Waals surface area contributed by atoms with E-state index < -0.39 is 0 Å². The molecule has 0 amide bonds. The lowest BCUT2D eigenvalue weighted by Gasteiger charge is -2.35. The minimum atomic E-state index is 0.386. The van der Waals surface area contributed by atoms with Crippen molar-refractivity contribution in [3.8, 4) is 11.5 Å². The number of nitrogens with one attached hydrogen (secondary N) is 1. The zero-order valence-electron chi connectivity index (χ0n) is 12.7. The summed E-state index contributed by atoms with van der Waals surface area (Å²) in [5.41, 5.74) is 2.44. The van der Waals surface area contributed by atoms with Crippen molar-refractivity contribution in [2.24, 2.45) is 5.41 Å². The van der Waals surface area contributed by atoms with Crippen LogP contribution in [0.1, 0.15) is 26.2 Å². The maximum Gasteiger partial charge on any atom is 0.249 e. The highest BCUT2D eigenvalue weighted by molar-refractivity contribution is 7.99. The topological polar surface area (TPSA) is 51.0 Å². The fraction of sp³-hybridized carbons (Fsp3) is 0.500. The first-order chi connectivity index (χ1) is 10.0. The Hall–Kier alpha value is -1.49. The molecule has 0 radical (unpaired) electrons. The van der Waals surface area contributed by atoms with Gasteiger partial charge in [-0.2, -0.15) is 11.8 Å². The normalized spacial score (nSPS) is 21.2. The molecule has 1 unspecified atom stereocenters. The molecule has 1 N–H and O–H groups in total. The molecule has 1 fully saturated rings. The number of para-hydroxylation sites is 1. The van der Waals surface area contributed by atoms with Crippen molar-refractivity contribution in [1.82, 2.24) is 10.2 Å². The predicted molar refractivity (Wildman–Crippen MR) is 87.6 cm³/mol. The van der Waals surface area contributed by atoms with E-state index >= 15 is 0 Å². The minimum Gasteiger partial charge on any atom is -0.421 e. The Bertz CT molecular complexity index is 623. The molecule has 1 saturated heterocycles. The van der Waals surface area contributed by atoms with Gasteiger partial charge in [-0.05, 0) is 29.7 Å². The number of rotatable bonds is 3.